The van der Waals surface area contributed by atoms with E-state index in [0.29, 0.717) is 25.7 Å². The minimum Gasteiger partial charge on any atom is -0.462 e. The number of esters is 4. The fraction of sp³-hybridized carbons (Fsp3) is 0.956. The van der Waals surface area contributed by atoms with Gasteiger partial charge >= 0.3 is 39.5 Å². The highest BCUT2D eigenvalue weighted by molar-refractivity contribution is 7.47. The van der Waals surface area contributed by atoms with Crippen molar-refractivity contribution in [3.63, 3.8) is 0 Å². The van der Waals surface area contributed by atoms with Crippen LogP contribution >= 0.6 is 15.6 Å². The highest BCUT2D eigenvalue weighted by atomic mass is 31.2. The van der Waals surface area contributed by atoms with Gasteiger partial charge in [0.15, 0.2) is 12.2 Å². The Hall–Kier alpha value is -1.94. The third kappa shape index (κ3) is 81.0. The lowest BCUT2D eigenvalue weighted by Gasteiger charge is -2.21. The maximum Gasteiger partial charge on any atom is 0.472 e. The van der Waals surface area contributed by atoms with Crippen molar-refractivity contribution in [1.82, 2.24) is 0 Å². The molecule has 0 fully saturated rings. The van der Waals surface area contributed by atoms with Crippen LogP contribution in [0.2, 0.25) is 0 Å². The number of carbonyl (C=O) groups excluding carboxylic acids is 4. The van der Waals surface area contributed by atoms with Gasteiger partial charge in [-0.3, -0.25) is 37.3 Å². The number of rotatable bonds is 88. The SMILES string of the molecule is CCCCCCCCCCCCC(=O)OC[C@H](COP(=O)(O)OC[C@H](O)COP(=O)(O)OC[C@@H](COC(=O)CCCCCCCCCCCCCCCCCCC(C)C)OC(=O)CCCCCCCCCCCCCCCCCCCCC(C)CC)OC(=O)CCCCCCCCCCCCCCCCC(C)CC. The lowest BCUT2D eigenvalue weighted by atomic mass is 9.99. The summed E-state index contributed by atoms with van der Waals surface area (Å²) in [6, 6.07) is 0. The molecule has 0 aromatic carbocycles. The Morgan fingerprint density at radius 1 is 0.266 bits per heavy atom. The molecule has 648 valence electrons. The van der Waals surface area contributed by atoms with E-state index in [1.54, 1.807) is 0 Å². The van der Waals surface area contributed by atoms with Gasteiger partial charge in [-0.05, 0) is 43.4 Å². The summed E-state index contributed by atoms with van der Waals surface area (Å²) in [6.07, 6.45) is 72.1. The molecule has 0 aromatic rings. The predicted octanol–water partition coefficient (Wildman–Crippen LogP) is 27.6. The van der Waals surface area contributed by atoms with Crippen molar-refractivity contribution < 1.29 is 80.2 Å². The summed E-state index contributed by atoms with van der Waals surface area (Å²) in [6.45, 7) is 12.1. The van der Waals surface area contributed by atoms with E-state index in [4.69, 9.17) is 37.0 Å². The van der Waals surface area contributed by atoms with Gasteiger partial charge in [0, 0.05) is 25.7 Å². The number of phosphoric acid groups is 2. The number of ether oxygens (including phenoxy) is 4. The van der Waals surface area contributed by atoms with Crippen molar-refractivity contribution in [2.45, 2.75) is 497 Å². The van der Waals surface area contributed by atoms with Crippen LogP contribution in [0.4, 0.5) is 0 Å². The normalized spacial score (nSPS) is 14.3. The number of hydrogen-bond donors (Lipinski definition) is 3. The third-order valence-corrected chi connectivity index (χ3v) is 23.8. The Morgan fingerprint density at radius 2 is 0.468 bits per heavy atom. The Labute approximate surface area is 670 Å². The number of aliphatic hydroxyl groups excluding tert-OH is 1. The minimum absolute atomic E-state index is 0.108. The molecule has 0 aliphatic carbocycles. The molecular weight excluding hydrogens is 1410 g/mol. The molecule has 0 aliphatic heterocycles. The van der Waals surface area contributed by atoms with Crippen LogP contribution in [0, 0.1) is 17.8 Å². The minimum atomic E-state index is -4.97. The molecule has 3 N–H and O–H groups in total. The Kier molecular flexibility index (Phi) is 78.5. The van der Waals surface area contributed by atoms with E-state index < -0.39 is 97.5 Å². The van der Waals surface area contributed by atoms with Gasteiger partial charge in [-0.1, -0.05) is 427 Å². The fourth-order valence-corrected chi connectivity index (χ4v) is 15.6. The first kappa shape index (κ1) is 107. The van der Waals surface area contributed by atoms with Crippen molar-refractivity contribution in [3.8, 4) is 0 Å². The number of carbonyl (C=O) groups is 4. The van der Waals surface area contributed by atoms with Gasteiger partial charge in [-0.15, -0.1) is 0 Å². The van der Waals surface area contributed by atoms with Crippen LogP contribution < -0.4 is 0 Å². The smallest absolute Gasteiger partial charge is 0.462 e. The Balaban J connectivity index is 5.22. The molecule has 0 aromatic heterocycles. The van der Waals surface area contributed by atoms with Crippen molar-refractivity contribution in [2.24, 2.45) is 17.8 Å². The third-order valence-electron chi connectivity index (χ3n) is 21.9. The topological polar surface area (TPSA) is 237 Å². The lowest BCUT2D eigenvalue weighted by molar-refractivity contribution is -0.161. The van der Waals surface area contributed by atoms with E-state index in [2.05, 4.69) is 48.5 Å². The van der Waals surface area contributed by atoms with E-state index in [1.807, 2.05) is 0 Å². The van der Waals surface area contributed by atoms with Gasteiger partial charge in [0.1, 0.15) is 19.3 Å². The molecule has 4 unspecified atom stereocenters. The molecule has 0 bridgehead atoms. The molecule has 7 atom stereocenters. The zero-order valence-electron chi connectivity index (χ0n) is 72.0. The molecule has 109 heavy (non-hydrogen) atoms. The average Bonchev–Trinajstić information content (AvgIpc) is 0.898. The zero-order chi connectivity index (χ0) is 80.0. The fourth-order valence-electron chi connectivity index (χ4n) is 14.0. The van der Waals surface area contributed by atoms with Gasteiger partial charge < -0.3 is 33.8 Å². The second-order valence-electron chi connectivity index (χ2n) is 33.3. The van der Waals surface area contributed by atoms with Gasteiger partial charge in [-0.25, -0.2) is 9.13 Å². The summed E-state index contributed by atoms with van der Waals surface area (Å²) in [7, 11) is -9.93. The average molecular weight is 1590 g/mol. The van der Waals surface area contributed by atoms with Crippen LogP contribution in [0.25, 0.3) is 0 Å². The zero-order valence-corrected chi connectivity index (χ0v) is 73.8. The highest BCUT2D eigenvalue weighted by Crippen LogP contribution is 2.45. The summed E-state index contributed by atoms with van der Waals surface area (Å²) >= 11 is 0. The van der Waals surface area contributed by atoms with Crippen LogP contribution in [-0.2, 0) is 65.4 Å². The molecule has 0 aliphatic rings. The quantitative estimate of drug-likeness (QED) is 0.0222. The van der Waals surface area contributed by atoms with Gasteiger partial charge in [-0.2, -0.15) is 0 Å². The summed E-state index contributed by atoms with van der Waals surface area (Å²) < 4.78 is 69.0. The van der Waals surface area contributed by atoms with Gasteiger partial charge in [0.25, 0.3) is 0 Å². The summed E-state index contributed by atoms with van der Waals surface area (Å²) in [4.78, 5) is 73.3. The van der Waals surface area contributed by atoms with Crippen LogP contribution in [0.5, 0.6) is 0 Å². The highest BCUT2D eigenvalue weighted by Gasteiger charge is 2.31. The number of aliphatic hydroxyl groups is 1. The molecule has 0 saturated heterocycles. The van der Waals surface area contributed by atoms with E-state index in [1.165, 1.54) is 289 Å². The first-order valence-electron chi connectivity index (χ1n) is 46.4. The molecule has 0 saturated carbocycles. The molecule has 0 spiro atoms. The maximum absolute atomic E-state index is 13.2. The maximum atomic E-state index is 13.2. The second-order valence-corrected chi connectivity index (χ2v) is 36.2. The molecule has 0 heterocycles. The van der Waals surface area contributed by atoms with Crippen molar-refractivity contribution in [1.29, 1.82) is 0 Å². The summed E-state index contributed by atoms with van der Waals surface area (Å²) in [5, 5.41) is 10.7. The molecule has 0 amide bonds. The first-order chi connectivity index (χ1) is 52.8. The Bertz CT molecular complexity index is 2100. The van der Waals surface area contributed by atoms with Gasteiger partial charge in [0.05, 0.1) is 26.4 Å². The molecule has 0 rings (SSSR count). The largest absolute Gasteiger partial charge is 0.472 e. The van der Waals surface area contributed by atoms with E-state index >= 15 is 0 Å². The standard InChI is InChI=1S/C90H176O17P2/c1-8-11-12-13-14-15-43-50-57-64-71-87(92)100-77-85(106-90(95)74-67-60-53-46-39-33-27-26-30-36-42-49-56-63-70-83(7)10-3)79-104-108(96,97)102-75-84(91)76-103-109(98,99)105-80-86(78-101-88(93)72-65-58-51-44-37-31-24-21-20-22-28-34-40-47-54-61-68-81(4)5)107-89(94)73-66-59-52-45-38-32-25-19-17-16-18-23-29-35-41-48-55-62-69-82(6)9-2/h81-86,91H,8-80H2,1-7H3,(H,96,97)(H,98,99)/t82?,83?,84-,85+,86+/m0/s1. The lowest BCUT2D eigenvalue weighted by Crippen LogP contribution is -2.30. The predicted molar refractivity (Wildman–Crippen MR) is 451 cm³/mol. The molecule has 17 nitrogen and oxygen atoms in total. The number of hydrogen-bond acceptors (Lipinski definition) is 15. The van der Waals surface area contributed by atoms with E-state index in [-0.39, 0.29) is 25.7 Å². The summed E-state index contributed by atoms with van der Waals surface area (Å²) in [5.41, 5.74) is 0. The number of phosphoric ester groups is 2. The summed E-state index contributed by atoms with van der Waals surface area (Å²) in [5.74, 6) is 0.430. The van der Waals surface area contributed by atoms with Crippen molar-refractivity contribution in [3.05, 3.63) is 0 Å². The van der Waals surface area contributed by atoms with E-state index in [0.717, 1.165) is 108 Å². The second kappa shape index (κ2) is 79.9. The van der Waals surface area contributed by atoms with E-state index in [9.17, 15) is 43.2 Å². The molecular formula is C90H176O17P2. The Morgan fingerprint density at radius 3 is 0.697 bits per heavy atom. The monoisotopic (exact) mass is 1590 g/mol. The van der Waals surface area contributed by atoms with Crippen LogP contribution in [-0.4, -0.2) is 96.7 Å². The van der Waals surface area contributed by atoms with Gasteiger partial charge in [0.2, 0.25) is 0 Å². The van der Waals surface area contributed by atoms with Crippen LogP contribution in [0.15, 0.2) is 0 Å². The van der Waals surface area contributed by atoms with Crippen molar-refractivity contribution >= 4 is 39.5 Å². The van der Waals surface area contributed by atoms with Crippen molar-refractivity contribution in [2.75, 3.05) is 39.6 Å². The molecule has 19 heteroatoms. The molecule has 0 radical (unpaired) electrons. The first-order valence-corrected chi connectivity index (χ1v) is 49.4. The van der Waals surface area contributed by atoms with Crippen LogP contribution in [0.3, 0.4) is 0 Å². The number of unbranched alkanes of at least 4 members (excludes halogenated alkanes) is 54. The van der Waals surface area contributed by atoms with Crippen LogP contribution in [0.1, 0.15) is 479 Å².